The molecule has 7 rings (SSSR count). The number of aliphatic carboxylic acids is 1. The van der Waals surface area contributed by atoms with Gasteiger partial charge in [0.1, 0.15) is 11.1 Å². The Morgan fingerprint density at radius 3 is 2.26 bits per heavy atom. The first-order chi connectivity index (χ1) is 27.1. The fourth-order valence-electron chi connectivity index (χ4n) is 14.0. The highest BCUT2D eigenvalue weighted by Crippen LogP contribution is 2.77. The molecule has 0 radical (unpaired) electrons. The summed E-state index contributed by atoms with van der Waals surface area (Å²) in [5, 5.41) is 19.3. The number of nitriles is 1. The van der Waals surface area contributed by atoms with Crippen LogP contribution in [0.5, 0.6) is 0 Å². The van der Waals surface area contributed by atoms with Gasteiger partial charge >= 0.3 is 11.9 Å². The predicted octanol–water partition coefficient (Wildman–Crippen LogP) is 8.77. The van der Waals surface area contributed by atoms with E-state index in [4.69, 9.17) is 22.1 Å². The van der Waals surface area contributed by atoms with Gasteiger partial charge in [-0.2, -0.15) is 5.26 Å². The third-order valence-electron chi connectivity index (χ3n) is 16.9. The molecule has 0 spiro atoms. The van der Waals surface area contributed by atoms with Gasteiger partial charge < -0.3 is 15.6 Å². The van der Waals surface area contributed by atoms with Gasteiger partial charge in [-0.3, -0.25) is 23.9 Å². The Bertz CT molecular complexity index is 2170. The minimum atomic E-state index is -1.19. The lowest BCUT2D eigenvalue weighted by Gasteiger charge is -2.72. The van der Waals surface area contributed by atoms with E-state index in [-0.39, 0.29) is 75.4 Å². The molecule has 11 heteroatoms. The highest BCUT2D eigenvalue weighted by atomic mass is 35.5. The minimum Gasteiger partial charge on any atom is -0.481 e. The number of aromatic nitrogens is 2. The molecule has 0 saturated heterocycles. The monoisotopic (exact) mass is 814 g/mol. The van der Waals surface area contributed by atoms with E-state index in [1.165, 1.54) is 5.57 Å². The molecule has 58 heavy (non-hydrogen) atoms. The first-order valence-electron chi connectivity index (χ1n) is 21.5. The summed E-state index contributed by atoms with van der Waals surface area (Å²) in [6.45, 7) is 20.0. The molecule has 1 heterocycles. The number of carboxylic acid groups (broad SMARTS) is 1. The minimum absolute atomic E-state index is 0.000521. The number of halogens is 1. The molecule has 2 aromatic rings. The van der Waals surface area contributed by atoms with Crippen molar-refractivity contribution >= 4 is 29.3 Å². The smallest absolute Gasteiger partial charge is 0.309 e. The van der Waals surface area contributed by atoms with E-state index in [2.05, 4.69) is 54.5 Å². The fraction of sp³-hybridized carbons (Fsp3) is 0.681. The Hall–Kier alpha value is -3.68. The van der Waals surface area contributed by atoms with Crippen LogP contribution in [-0.4, -0.2) is 44.8 Å². The SMILES string of the molecule is CC(C)C1=C2[C@H]3CC[C@@H]4[C@@]5(C)CC[C@H](OC(=O)CC(C)(C)C(=O)O)C(C)(C)[C@@H]5CC[C@@]4(C)[C@]3(C)CC[C@@]2(c2c(Cl)c(=O)n(-c3ccc(C#N)cc3)n2CCN)CC1=O. The number of allylic oxidation sites excluding steroid dienone is 2. The zero-order chi connectivity index (χ0) is 42.5. The summed E-state index contributed by atoms with van der Waals surface area (Å²) in [5.74, 6) is -0.477. The average Bonchev–Trinajstić information content (AvgIpc) is 3.58. The molecule has 4 saturated carbocycles. The third kappa shape index (κ3) is 5.94. The largest absolute Gasteiger partial charge is 0.481 e. The van der Waals surface area contributed by atoms with Crippen LogP contribution in [0.15, 0.2) is 40.2 Å². The van der Waals surface area contributed by atoms with Gasteiger partial charge in [0.25, 0.3) is 5.56 Å². The van der Waals surface area contributed by atoms with Crippen LogP contribution in [0.2, 0.25) is 5.02 Å². The second-order valence-corrected chi connectivity index (χ2v) is 21.2. The van der Waals surface area contributed by atoms with Gasteiger partial charge in [-0.25, -0.2) is 4.68 Å². The van der Waals surface area contributed by atoms with E-state index < -0.39 is 22.8 Å². The number of hydrogen-bond donors (Lipinski definition) is 2. The molecule has 314 valence electrons. The van der Waals surface area contributed by atoms with Gasteiger partial charge in [-0.05, 0) is 141 Å². The molecule has 8 atom stereocenters. The van der Waals surface area contributed by atoms with Crippen LogP contribution in [0, 0.1) is 62.1 Å². The number of rotatable bonds is 9. The Labute approximate surface area is 348 Å². The summed E-state index contributed by atoms with van der Waals surface area (Å²) in [5.41, 5.74) is 7.37. The topological polar surface area (TPSA) is 157 Å². The van der Waals surface area contributed by atoms with Gasteiger partial charge in [0.05, 0.1) is 41.4 Å². The molecule has 0 unspecified atom stereocenters. The predicted molar refractivity (Wildman–Crippen MR) is 223 cm³/mol. The number of ketones is 1. The molecule has 0 amide bonds. The Morgan fingerprint density at radius 1 is 0.983 bits per heavy atom. The van der Waals surface area contributed by atoms with E-state index in [1.54, 1.807) is 42.8 Å². The zero-order valence-electron chi connectivity index (χ0n) is 36.0. The first kappa shape index (κ1) is 42.4. The Balaban J connectivity index is 1.28. The molecule has 1 aromatic carbocycles. The summed E-state index contributed by atoms with van der Waals surface area (Å²) < 4.78 is 9.71. The maximum atomic E-state index is 14.5. The standard InChI is InChI=1S/C47H63ClN4O6/c1-27(2)36-31(53)24-47(39-38(48)40(55)52(51(39)23-22-49)29-12-10-28(26-50)11-13-29)21-20-45(8)30(37(36)47)14-15-33-44(7)18-17-34(58-35(54)25-42(3,4)41(56)57)43(5,6)32(44)16-19-46(33,45)9/h10-13,27,30,32-34H,14-25,49H2,1-9H3,(H,56,57)/t30-,32+,33-,34+,44+,45-,46-,47-/m1/s1. The van der Waals surface area contributed by atoms with E-state index in [0.29, 0.717) is 41.7 Å². The quantitative estimate of drug-likeness (QED) is 0.238. The number of Topliss-reactive ketones (excluding diaryl/α,β-unsaturated/α-hetero) is 1. The van der Waals surface area contributed by atoms with Gasteiger partial charge in [-0.1, -0.05) is 60.1 Å². The maximum absolute atomic E-state index is 14.5. The lowest BCUT2D eigenvalue weighted by molar-refractivity contribution is -0.232. The maximum Gasteiger partial charge on any atom is 0.309 e. The molecule has 5 aliphatic carbocycles. The number of fused-ring (bicyclic) bond motifs is 7. The van der Waals surface area contributed by atoms with Gasteiger partial charge in [0.2, 0.25) is 0 Å². The summed E-state index contributed by atoms with van der Waals surface area (Å²) >= 11 is 7.25. The summed E-state index contributed by atoms with van der Waals surface area (Å²) in [6.07, 6.45) is 7.00. The summed E-state index contributed by atoms with van der Waals surface area (Å²) in [6, 6.07) is 9.06. The molecule has 0 aliphatic heterocycles. The van der Waals surface area contributed by atoms with Crippen LogP contribution in [0.1, 0.15) is 138 Å². The number of ether oxygens (including phenoxy) is 1. The molecule has 4 fully saturated rings. The number of nitrogens with zero attached hydrogens (tertiary/aromatic N) is 3. The number of benzene rings is 1. The lowest BCUT2D eigenvalue weighted by atomic mass is 9.33. The van der Waals surface area contributed by atoms with E-state index >= 15 is 0 Å². The second-order valence-electron chi connectivity index (χ2n) is 20.8. The number of nitrogens with two attached hydrogens (primary N) is 1. The molecule has 0 bridgehead atoms. The van der Waals surface area contributed by atoms with Crippen LogP contribution in [0.3, 0.4) is 0 Å². The van der Waals surface area contributed by atoms with E-state index in [0.717, 1.165) is 50.5 Å². The summed E-state index contributed by atoms with van der Waals surface area (Å²) in [4.78, 5) is 53.8. The van der Waals surface area contributed by atoms with Crippen molar-refractivity contribution in [3.05, 3.63) is 62.0 Å². The fourth-order valence-corrected chi connectivity index (χ4v) is 14.3. The summed E-state index contributed by atoms with van der Waals surface area (Å²) in [7, 11) is 0. The van der Waals surface area contributed by atoms with Crippen molar-refractivity contribution in [3.8, 4) is 11.8 Å². The van der Waals surface area contributed by atoms with E-state index in [9.17, 15) is 29.5 Å². The van der Waals surface area contributed by atoms with Gasteiger partial charge in [-0.15, -0.1) is 0 Å². The van der Waals surface area contributed by atoms with Gasteiger partial charge in [0, 0.05) is 23.8 Å². The lowest BCUT2D eigenvalue weighted by Crippen LogP contribution is -2.66. The Morgan fingerprint density at radius 2 is 1.66 bits per heavy atom. The van der Waals surface area contributed by atoms with Crippen molar-refractivity contribution in [2.75, 3.05) is 6.54 Å². The molecule has 10 nitrogen and oxygen atoms in total. The number of carboxylic acids is 1. The van der Waals surface area contributed by atoms with Gasteiger partial charge in [0.15, 0.2) is 5.78 Å². The molecular weight excluding hydrogens is 752 g/mol. The van der Waals surface area contributed by atoms with Crippen molar-refractivity contribution in [1.82, 2.24) is 9.36 Å². The third-order valence-corrected chi connectivity index (χ3v) is 17.3. The zero-order valence-corrected chi connectivity index (χ0v) is 36.7. The molecule has 1 aromatic heterocycles. The van der Waals surface area contributed by atoms with Crippen molar-refractivity contribution in [2.24, 2.45) is 56.5 Å². The Kier molecular flexibility index (Phi) is 10.4. The number of esters is 1. The average molecular weight is 815 g/mol. The van der Waals surface area contributed by atoms with Crippen LogP contribution < -0.4 is 11.3 Å². The highest BCUT2D eigenvalue weighted by molar-refractivity contribution is 6.31. The number of hydrogen-bond acceptors (Lipinski definition) is 7. The van der Waals surface area contributed by atoms with Crippen molar-refractivity contribution in [2.45, 2.75) is 145 Å². The van der Waals surface area contributed by atoms with Crippen LogP contribution in [0.25, 0.3) is 5.69 Å². The van der Waals surface area contributed by atoms with Crippen molar-refractivity contribution in [3.63, 3.8) is 0 Å². The first-order valence-corrected chi connectivity index (χ1v) is 21.9. The molecular formula is C47H63ClN4O6. The number of carbonyl (C=O) groups is 3. The van der Waals surface area contributed by atoms with Crippen LogP contribution >= 0.6 is 11.6 Å². The molecule has 5 aliphatic rings. The van der Waals surface area contributed by atoms with Crippen LogP contribution in [0.4, 0.5) is 0 Å². The van der Waals surface area contributed by atoms with Crippen molar-refractivity contribution < 1.29 is 24.2 Å². The normalized spacial score (nSPS) is 34.2. The molecule has 3 N–H and O–H groups in total. The highest BCUT2D eigenvalue weighted by Gasteiger charge is 2.71. The van der Waals surface area contributed by atoms with E-state index in [1.807, 2.05) is 4.68 Å². The van der Waals surface area contributed by atoms with Crippen LogP contribution in [-0.2, 0) is 31.1 Å². The number of carbonyl (C=O) groups excluding carboxylic acids is 2. The second kappa shape index (κ2) is 14.2. The van der Waals surface area contributed by atoms with Crippen molar-refractivity contribution in [1.29, 1.82) is 5.26 Å².